The number of nitrogens with zero attached hydrogens (tertiary/aromatic N) is 1. The molecule has 0 amide bonds. The lowest BCUT2D eigenvalue weighted by Gasteiger charge is -2.45. The summed E-state index contributed by atoms with van der Waals surface area (Å²) in [5.41, 5.74) is -12.3. The Morgan fingerprint density at radius 3 is 1.32 bits per heavy atom. The first-order chi connectivity index (χ1) is 11.0. The molecule has 0 unspecified atom stereocenters. The van der Waals surface area contributed by atoms with Crippen molar-refractivity contribution in [1.82, 2.24) is 3.12 Å². The molecule has 0 heterocycles. The molecule has 0 saturated heterocycles. The molecule has 0 aliphatic carbocycles. The molecule has 0 saturated carbocycles. The molecule has 25 heavy (non-hydrogen) atoms. The molecule has 14 heteroatoms. The number of hydrogen-bond donors (Lipinski definition) is 0. The second-order valence-corrected chi connectivity index (χ2v) is 13.2. The Bertz CT molecular complexity index is 594. The standard InChI is InChI=1S/C11H21F6NO4S3/c1-4-7-8-9-23(5-2,6-3)18(24(19,20)10(12,13)14)25(21,22)11(15,16)17/h4-9H2,1-3H3. The second kappa shape index (κ2) is 8.21. The lowest BCUT2D eigenvalue weighted by molar-refractivity contribution is -0.0505. The number of unbranched alkanes of at least 4 members (excludes halogenated alkanes) is 2. The van der Waals surface area contributed by atoms with Crippen LogP contribution >= 0.6 is 10.2 Å². The molecular weight excluding hydrogens is 420 g/mol. The first-order valence-electron chi connectivity index (χ1n) is 7.24. The maximum Gasteiger partial charge on any atom is 0.513 e. The van der Waals surface area contributed by atoms with E-state index in [0.717, 1.165) is 0 Å². The van der Waals surface area contributed by atoms with Crippen LogP contribution in [0.5, 0.6) is 0 Å². The van der Waals surface area contributed by atoms with Gasteiger partial charge in [0.25, 0.3) is 0 Å². The third kappa shape index (κ3) is 4.95. The van der Waals surface area contributed by atoms with Crippen LogP contribution in [0.3, 0.4) is 0 Å². The maximum atomic E-state index is 12.9. The van der Waals surface area contributed by atoms with Crippen LogP contribution in [0.4, 0.5) is 26.3 Å². The molecule has 0 radical (unpaired) electrons. The van der Waals surface area contributed by atoms with Crippen molar-refractivity contribution in [1.29, 1.82) is 0 Å². The SMILES string of the molecule is CCCCCS(CC)(CC)N(S(=O)(=O)C(F)(F)F)S(=O)(=O)C(F)(F)F. The fourth-order valence-electron chi connectivity index (χ4n) is 2.11. The van der Waals surface area contributed by atoms with E-state index in [0.29, 0.717) is 12.8 Å². The van der Waals surface area contributed by atoms with Crippen LogP contribution in [-0.4, -0.2) is 48.2 Å². The number of hydrogen-bond acceptors (Lipinski definition) is 4. The Morgan fingerprint density at radius 2 is 1.08 bits per heavy atom. The average molecular weight is 441 g/mol. The smallest absolute Gasteiger partial charge is 0.201 e. The summed E-state index contributed by atoms with van der Waals surface area (Å²) in [5, 5.41) is 0. The molecule has 0 spiro atoms. The lowest BCUT2D eigenvalue weighted by Crippen LogP contribution is -2.51. The number of alkyl halides is 6. The Kier molecular flexibility index (Phi) is 8.14. The van der Waals surface area contributed by atoms with Gasteiger partial charge in [-0.3, -0.25) is 0 Å². The quantitative estimate of drug-likeness (QED) is 0.401. The third-order valence-electron chi connectivity index (χ3n) is 3.50. The molecule has 0 N–H and O–H groups in total. The van der Waals surface area contributed by atoms with Gasteiger partial charge in [0.2, 0.25) is 0 Å². The summed E-state index contributed by atoms with van der Waals surface area (Å²) in [6, 6.07) is 0. The maximum absolute atomic E-state index is 12.9. The van der Waals surface area contributed by atoms with Gasteiger partial charge in [0.1, 0.15) is 0 Å². The van der Waals surface area contributed by atoms with E-state index >= 15 is 0 Å². The average Bonchev–Trinajstić information content (AvgIpc) is 2.43. The molecule has 0 aromatic carbocycles. The summed E-state index contributed by atoms with van der Waals surface area (Å²) in [7, 11) is -16.9. The molecule has 5 nitrogen and oxygen atoms in total. The molecule has 0 aliphatic heterocycles. The Labute approximate surface area is 145 Å². The number of halogens is 6. The van der Waals surface area contributed by atoms with E-state index in [-0.39, 0.29) is 12.2 Å². The van der Waals surface area contributed by atoms with Gasteiger partial charge in [-0.2, -0.15) is 36.6 Å². The van der Waals surface area contributed by atoms with E-state index in [1.54, 1.807) is 6.92 Å². The predicted molar refractivity (Wildman–Crippen MR) is 84.9 cm³/mol. The van der Waals surface area contributed by atoms with Gasteiger partial charge in [-0.25, -0.2) is 16.8 Å². The van der Waals surface area contributed by atoms with Crippen LogP contribution in [0, 0.1) is 0 Å². The van der Waals surface area contributed by atoms with Crippen LogP contribution in [0.15, 0.2) is 0 Å². The van der Waals surface area contributed by atoms with E-state index in [1.165, 1.54) is 13.8 Å². The second-order valence-electron chi connectivity index (χ2n) is 5.05. The minimum absolute atomic E-state index is 0.116. The Balaban J connectivity index is 6.68. The van der Waals surface area contributed by atoms with Gasteiger partial charge in [-0.1, -0.05) is 33.6 Å². The van der Waals surface area contributed by atoms with Crippen LogP contribution in [0.25, 0.3) is 0 Å². The normalized spacial score (nSPS) is 15.6. The highest BCUT2D eigenvalue weighted by atomic mass is 32.4. The monoisotopic (exact) mass is 441 g/mol. The zero-order valence-corrected chi connectivity index (χ0v) is 16.3. The highest BCUT2D eigenvalue weighted by Gasteiger charge is 2.65. The lowest BCUT2D eigenvalue weighted by atomic mass is 10.3. The van der Waals surface area contributed by atoms with Crippen molar-refractivity contribution in [3.05, 3.63) is 0 Å². The molecule has 0 rings (SSSR count). The molecule has 0 bridgehead atoms. The fourth-order valence-corrected chi connectivity index (χ4v) is 11.8. The molecular formula is C11H21F6NO4S3. The molecule has 0 aliphatic rings. The van der Waals surface area contributed by atoms with Crippen LogP contribution in [0.2, 0.25) is 0 Å². The van der Waals surface area contributed by atoms with Gasteiger partial charge in [-0.15, -0.1) is 0 Å². The van der Waals surface area contributed by atoms with Crippen LogP contribution in [0.1, 0.15) is 40.0 Å². The van der Waals surface area contributed by atoms with Crippen molar-refractivity contribution >= 4 is 30.3 Å². The summed E-state index contributed by atoms with van der Waals surface area (Å²) in [5.74, 6) is -1.26. The molecule has 0 aromatic rings. The summed E-state index contributed by atoms with van der Waals surface area (Å²) in [4.78, 5) is 0. The Morgan fingerprint density at radius 1 is 0.720 bits per heavy atom. The van der Waals surface area contributed by atoms with Crippen molar-refractivity contribution in [3.63, 3.8) is 0 Å². The number of sulfonamides is 2. The summed E-state index contributed by atoms with van der Waals surface area (Å²) in [6.45, 7) is 4.11. The van der Waals surface area contributed by atoms with Gasteiger partial charge in [-0.05, 0) is 26.8 Å². The van der Waals surface area contributed by atoms with Crippen LogP contribution in [-0.2, 0) is 20.0 Å². The van der Waals surface area contributed by atoms with E-state index < -0.39 is 55.9 Å². The molecule has 0 atom stereocenters. The molecule has 154 valence electrons. The third-order valence-corrected chi connectivity index (χ3v) is 13.5. The van der Waals surface area contributed by atoms with E-state index in [9.17, 15) is 43.2 Å². The summed E-state index contributed by atoms with van der Waals surface area (Å²) < 4.78 is 124. The minimum Gasteiger partial charge on any atom is -0.201 e. The van der Waals surface area contributed by atoms with E-state index in [2.05, 4.69) is 0 Å². The van der Waals surface area contributed by atoms with Crippen molar-refractivity contribution in [2.75, 3.05) is 17.3 Å². The zero-order valence-electron chi connectivity index (χ0n) is 13.8. The van der Waals surface area contributed by atoms with E-state index in [1.807, 2.05) is 0 Å². The minimum atomic E-state index is -6.74. The van der Waals surface area contributed by atoms with Crippen molar-refractivity contribution in [2.45, 2.75) is 51.1 Å². The first kappa shape index (κ1) is 24.8. The summed E-state index contributed by atoms with van der Waals surface area (Å²) in [6.07, 6.45) is 1.10. The fraction of sp³-hybridized carbons (Fsp3) is 1.00. The number of rotatable bonds is 9. The van der Waals surface area contributed by atoms with Crippen molar-refractivity contribution < 1.29 is 43.2 Å². The van der Waals surface area contributed by atoms with E-state index in [4.69, 9.17) is 0 Å². The molecule has 0 aromatic heterocycles. The van der Waals surface area contributed by atoms with Gasteiger partial charge in [0, 0.05) is 0 Å². The Hall–Kier alpha value is -0.210. The first-order valence-corrected chi connectivity index (χ1v) is 12.2. The van der Waals surface area contributed by atoms with Crippen molar-refractivity contribution in [2.24, 2.45) is 0 Å². The zero-order chi connectivity index (χ0) is 20.3. The predicted octanol–water partition coefficient (Wildman–Crippen LogP) is 3.94. The molecule has 0 fully saturated rings. The van der Waals surface area contributed by atoms with Gasteiger partial charge >= 0.3 is 31.1 Å². The largest absolute Gasteiger partial charge is 0.513 e. The topological polar surface area (TPSA) is 71.5 Å². The van der Waals surface area contributed by atoms with Crippen molar-refractivity contribution in [3.8, 4) is 0 Å². The summed E-state index contributed by atoms with van der Waals surface area (Å²) >= 11 is 0. The highest BCUT2D eigenvalue weighted by molar-refractivity contribution is 8.41. The van der Waals surface area contributed by atoms with Gasteiger partial charge in [0.05, 0.1) is 0 Å². The highest BCUT2D eigenvalue weighted by Crippen LogP contribution is 2.59. The van der Waals surface area contributed by atoms with Gasteiger partial charge in [0.15, 0.2) is 0 Å². The van der Waals surface area contributed by atoms with Crippen LogP contribution < -0.4 is 0 Å². The van der Waals surface area contributed by atoms with Gasteiger partial charge < -0.3 is 0 Å².